The molecule has 0 aromatic heterocycles. The van der Waals surface area contributed by atoms with Gasteiger partial charge in [-0.25, -0.2) is 9.69 Å². The van der Waals surface area contributed by atoms with E-state index < -0.39 is 6.09 Å². The summed E-state index contributed by atoms with van der Waals surface area (Å²) in [5, 5.41) is 8.24. The molecule has 1 aliphatic heterocycles. The maximum absolute atomic E-state index is 10.5. The standard InChI is InChI=1S/C5H5NO3/c7-4-2-1-3-6(4)5(8)9/h1,3H,2H2,(H,8,9). The molecule has 48 valence electrons. The van der Waals surface area contributed by atoms with Crippen LogP contribution in [0.5, 0.6) is 0 Å². The van der Waals surface area contributed by atoms with Crippen LogP contribution in [0.15, 0.2) is 12.3 Å². The Kier molecular flexibility index (Phi) is 1.22. The Morgan fingerprint density at radius 1 is 1.78 bits per heavy atom. The van der Waals surface area contributed by atoms with Gasteiger partial charge in [0.05, 0.1) is 0 Å². The molecule has 1 N–H and O–H groups in total. The number of nitrogens with zero attached hydrogens (tertiary/aromatic N) is 1. The van der Waals surface area contributed by atoms with Gasteiger partial charge in [0.1, 0.15) is 0 Å². The van der Waals surface area contributed by atoms with Gasteiger partial charge < -0.3 is 5.11 Å². The van der Waals surface area contributed by atoms with Crippen LogP contribution < -0.4 is 0 Å². The van der Waals surface area contributed by atoms with Crippen molar-refractivity contribution in [3.8, 4) is 0 Å². The fourth-order valence-electron chi connectivity index (χ4n) is 0.611. The van der Waals surface area contributed by atoms with E-state index in [1.807, 2.05) is 0 Å². The van der Waals surface area contributed by atoms with E-state index in [0.29, 0.717) is 4.90 Å². The molecule has 1 heterocycles. The van der Waals surface area contributed by atoms with Crippen molar-refractivity contribution in [3.63, 3.8) is 0 Å². The Morgan fingerprint density at radius 3 is 2.67 bits per heavy atom. The lowest BCUT2D eigenvalue weighted by Gasteiger charge is -2.03. The number of amides is 2. The normalized spacial score (nSPS) is 16.9. The van der Waals surface area contributed by atoms with Crippen molar-refractivity contribution in [2.45, 2.75) is 6.42 Å². The first-order chi connectivity index (χ1) is 4.22. The Morgan fingerprint density at radius 2 is 2.44 bits per heavy atom. The minimum absolute atomic E-state index is 0.201. The Balaban J connectivity index is 2.71. The predicted octanol–water partition coefficient (Wildman–Crippen LogP) is 0.410. The summed E-state index contributed by atoms with van der Waals surface area (Å²) < 4.78 is 0. The van der Waals surface area contributed by atoms with Crippen LogP contribution in [0.4, 0.5) is 4.79 Å². The first-order valence-corrected chi connectivity index (χ1v) is 2.43. The third kappa shape index (κ3) is 0.910. The number of hydrogen-bond acceptors (Lipinski definition) is 2. The lowest BCUT2D eigenvalue weighted by atomic mass is 10.5. The molecule has 0 unspecified atom stereocenters. The molecular weight excluding hydrogens is 122 g/mol. The molecule has 1 rings (SSSR count). The second-order valence-corrected chi connectivity index (χ2v) is 1.64. The monoisotopic (exact) mass is 127 g/mol. The molecule has 0 aromatic rings. The Bertz CT molecular complexity index is 185. The van der Waals surface area contributed by atoms with Crippen LogP contribution in [0.25, 0.3) is 0 Å². The highest BCUT2D eigenvalue weighted by molar-refractivity contribution is 5.95. The fourth-order valence-corrected chi connectivity index (χ4v) is 0.611. The molecule has 0 radical (unpaired) electrons. The minimum atomic E-state index is -1.21. The van der Waals surface area contributed by atoms with E-state index in [2.05, 4.69) is 0 Å². The summed E-state index contributed by atoms with van der Waals surface area (Å²) in [6.07, 6.45) is 1.75. The molecule has 0 aliphatic carbocycles. The van der Waals surface area contributed by atoms with Gasteiger partial charge in [-0.2, -0.15) is 0 Å². The van der Waals surface area contributed by atoms with Crippen LogP contribution in [-0.2, 0) is 4.79 Å². The van der Waals surface area contributed by atoms with E-state index in [4.69, 9.17) is 5.11 Å². The summed E-state index contributed by atoms with van der Waals surface area (Å²) >= 11 is 0. The lowest BCUT2D eigenvalue weighted by Crippen LogP contribution is -2.26. The first kappa shape index (κ1) is 5.81. The molecule has 1 aliphatic rings. The molecule has 0 saturated heterocycles. The van der Waals surface area contributed by atoms with Crippen LogP contribution >= 0.6 is 0 Å². The molecule has 0 spiro atoms. The van der Waals surface area contributed by atoms with E-state index in [-0.39, 0.29) is 12.3 Å². The summed E-state index contributed by atoms with van der Waals surface area (Å²) in [4.78, 5) is 21.2. The highest BCUT2D eigenvalue weighted by Crippen LogP contribution is 2.05. The summed E-state index contributed by atoms with van der Waals surface area (Å²) in [5.41, 5.74) is 0. The van der Waals surface area contributed by atoms with Gasteiger partial charge in [0.2, 0.25) is 5.91 Å². The number of carbonyl (C=O) groups is 2. The fraction of sp³-hybridized carbons (Fsp3) is 0.200. The van der Waals surface area contributed by atoms with Gasteiger partial charge >= 0.3 is 6.09 Å². The number of imide groups is 1. The van der Waals surface area contributed by atoms with E-state index in [0.717, 1.165) is 0 Å². The summed E-state index contributed by atoms with van der Waals surface area (Å²) in [6.45, 7) is 0. The van der Waals surface area contributed by atoms with Crippen LogP contribution in [0.3, 0.4) is 0 Å². The van der Waals surface area contributed by atoms with Gasteiger partial charge in [0.25, 0.3) is 0 Å². The minimum Gasteiger partial charge on any atom is -0.464 e. The molecular formula is C5H5NO3. The largest absolute Gasteiger partial charge is 0.464 e. The molecule has 9 heavy (non-hydrogen) atoms. The van der Waals surface area contributed by atoms with E-state index in [1.165, 1.54) is 12.3 Å². The van der Waals surface area contributed by atoms with E-state index >= 15 is 0 Å². The number of rotatable bonds is 0. The average Bonchev–Trinajstić information content (AvgIpc) is 2.13. The zero-order valence-corrected chi connectivity index (χ0v) is 4.57. The van der Waals surface area contributed by atoms with Crippen LogP contribution in [-0.4, -0.2) is 22.0 Å². The third-order valence-corrected chi connectivity index (χ3v) is 1.02. The molecule has 4 nitrogen and oxygen atoms in total. The van der Waals surface area contributed by atoms with Crippen molar-refractivity contribution in [2.75, 3.05) is 0 Å². The van der Waals surface area contributed by atoms with Crippen LogP contribution in [0.1, 0.15) is 6.42 Å². The summed E-state index contributed by atoms with van der Waals surface area (Å²) in [6, 6.07) is 0. The van der Waals surface area contributed by atoms with Crippen molar-refractivity contribution < 1.29 is 14.7 Å². The van der Waals surface area contributed by atoms with Gasteiger partial charge in [0, 0.05) is 12.6 Å². The maximum atomic E-state index is 10.5. The summed E-state index contributed by atoms with van der Waals surface area (Å²) in [7, 11) is 0. The van der Waals surface area contributed by atoms with Crippen LogP contribution in [0, 0.1) is 0 Å². The molecule has 4 heteroatoms. The second kappa shape index (κ2) is 1.89. The number of carboxylic acid groups (broad SMARTS) is 1. The third-order valence-electron chi connectivity index (χ3n) is 1.02. The van der Waals surface area contributed by atoms with Crippen LogP contribution in [0.2, 0.25) is 0 Å². The zero-order chi connectivity index (χ0) is 6.85. The first-order valence-electron chi connectivity index (χ1n) is 2.43. The zero-order valence-electron chi connectivity index (χ0n) is 4.57. The van der Waals surface area contributed by atoms with Crippen molar-refractivity contribution in [2.24, 2.45) is 0 Å². The highest BCUT2D eigenvalue weighted by atomic mass is 16.4. The lowest BCUT2D eigenvalue weighted by molar-refractivity contribution is -0.125. The Hall–Kier alpha value is -1.32. The van der Waals surface area contributed by atoms with Crippen molar-refractivity contribution in [3.05, 3.63) is 12.3 Å². The highest BCUT2D eigenvalue weighted by Gasteiger charge is 2.20. The molecule has 0 fully saturated rings. The van der Waals surface area contributed by atoms with Gasteiger partial charge in [-0.3, -0.25) is 4.79 Å². The SMILES string of the molecule is O=C(O)N1C=CCC1=O. The van der Waals surface area contributed by atoms with Gasteiger partial charge in [-0.1, -0.05) is 6.08 Å². The maximum Gasteiger partial charge on any atom is 0.418 e. The van der Waals surface area contributed by atoms with Crippen molar-refractivity contribution >= 4 is 12.0 Å². The second-order valence-electron chi connectivity index (χ2n) is 1.64. The van der Waals surface area contributed by atoms with E-state index in [1.54, 1.807) is 0 Å². The Labute approximate surface area is 51.4 Å². The molecule has 2 amide bonds. The molecule has 0 aromatic carbocycles. The molecule has 0 saturated carbocycles. The molecule has 0 bridgehead atoms. The predicted molar refractivity (Wildman–Crippen MR) is 28.6 cm³/mol. The van der Waals surface area contributed by atoms with E-state index in [9.17, 15) is 9.59 Å². The average molecular weight is 127 g/mol. The topological polar surface area (TPSA) is 57.6 Å². The van der Waals surface area contributed by atoms with Crippen molar-refractivity contribution in [1.82, 2.24) is 4.90 Å². The number of hydrogen-bond donors (Lipinski definition) is 1. The molecule has 0 atom stereocenters. The van der Waals surface area contributed by atoms with Gasteiger partial charge in [0.15, 0.2) is 0 Å². The van der Waals surface area contributed by atoms with Gasteiger partial charge in [-0.05, 0) is 0 Å². The van der Waals surface area contributed by atoms with Gasteiger partial charge in [-0.15, -0.1) is 0 Å². The van der Waals surface area contributed by atoms with Crippen molar-refractivity contribution in [1.29, 1.82) is 0 Å². The summed E-state index contributed by atoms with van der Waals surface area (Å²) in [5.74, 6) is -0.387. The smallest absolute Gasteiger partial charge is 0.418 e. The number of carbonyl (C=O) groups excluding carboxylic acids is 1. The quantitative estimate of drug-likeness (QED) is 0.512.